The molecule has 7 heteroatoms. The summed E-state index contributed by atoms with van der Waals surface area (Å²) in [7, 11) is 4.82. The zero-order valence-electron chi connectivity index (χ0n) is 13.5. The number of amides is 1. The Bertz CT molecular complexity index is 409. The molecule has 0 aromatic rings. The molecule has 1 rings (SSSR count). The van der Waals surface area contributed by atoms with Crippen LogP contribution in [0.5, 0.6) is 0 Å². The lowest BCUT2D eigenvalue weighted by Gasteiger charge is -2.21. The van der Waals surface area contributed by atoms with Gasteiger partial charge in [-0.2, -0.15) is 0 Å². The van der Waals surface area contributed by atoms with Crippen molar-refractivity contribution in [3.63, 3.8) is 0 Å². The highest BCUT2D eigenvalue weighted by Gasteiger charge is 2.36. The third-order valence-electron chi connectivity index (χ3n) is 3.61. The zero-order chi connectivity index (χ0) is 16.0. The summed E-state index contributed by atoms with van der Waals surface area (Å²) in [5.74, 6) is 0.479. The first-order valence-electron chi connectivity index (χ1n) is 7.21. The average molecular weight is 298 g/mol. The molecular weight excluding hydrogens is 272 g/mol. The van der Waals surface area contributed by atoms with Crippen molar-refractivity contribution in [1.29, 1.82) is 0 Å². The van der Waals surface area contributed by atoms with Crippen LogP contribution in [0.2, 0.25) is 0 Å². The quantitative estimate of drug-likeness (QED) is 0.441. The van der Waals surface area contributed by atoms with Gasteiger partial charge < -0.3 is 19.9 Å². The van der Waals surface area contributed by atoms with Gasteiger partial charge in [0, 0.05) is 33.7 Å². The van der Waals surface area contributed by atoms with Gasteiger partial charge in [0.05, 0.1) is 13.0 Å². The maximum absolute atomic E-state index is 11.7. The highest BCUT2D eigenvalue weighted by atomic mass is 16.5. The molecule has 1 aliphatic rings. The number of carbonyl (C=O) groups is 2. The minimum absolute atomic E-state index is 0.0535. The van der Waals surface area contributed by atoms with Gasteiger partial charge in [-0.05, 0) is 12.8 Å². The third kappa shape index (κ3) is 4.61. The lowest BCUT2D eigenvalue weighted by atomic mass is 9.99. The lowest BCUT2D eigenvalue weighted by molar-refractivity contribution is -0.146. The van der Waals surface area contributed by atoms with E-state index in [0.29, 0.717) is 19.0 Å². The molecular formula is C14H26N4O3. The molecule has 120 valence electrons. The number of likely N-dealkylation sites (tertiary alicyclic amines) is 1. The fourth-order valence-electron chi connectivity index (χ4n) is 2.31. The minimum Gasteiger partial charge on any atom is -0.469 e. The van der Waals surface area contributed by atoms with Gasteiger partial charge in [0.2, 0.25) is 5.91 Å². The Kier molecular flexibility index (Phi) is 6.45. The van der Waals surface area contributed by atoms with Crippen molar-refractivity contribution in [2.75, 3.05) is 47.4 Å². The molecule has 0 radical (unpaired) electrons. The van der Waals surface area contributed by atoms with Crippen LogP contribution in [0.15, 0.2) is 4.99 Å². The molecule has 1 heterocycles. The van der Waals surface area contributed by atoms with E-state index in [1.165, 1.54) is 12.0 Å². The Morgan fingerprint density at radius 3 is 2.57 bits per heavy atom. The van der Waals surface area contributed by atoms with Crippen LogP contribution in [-0.2, 0) is 14.3 Å². The normalized spacial score (nSPS) is 22.1. The van der Waals surface area contributed by atoms with Crippen LogP contribution in [-0.4, -0.2) is 75.0 Å². The SMILES string of the molecule is CCNC(=NCC(=O)N(C)C)N1CC(C)C(C(=O)OC)C1. The fourth-order valence-corrected chi connectivity index (χ4v) is 2.31. The Labute approximate surface area is 126 Å². The second-order valence-electron chi connectivity index (χ2n) is 5.47. The first kappa shape index (κ1) is 17.3. The minimum atomic E-state index is -0.190. The van der Waals surface area contributed by atoms with Gasteiger partial charge in [-0.25, -0.2) is 4.99 Å². The van der Waals surface area contributed by atoms with E-state index in [9.17, 15) is 9.59 Å². The second-order valence-corrected chi connectivity index (χ2v) is 5.47. The molecule has 1 fully saturated rings. The van der Waals surface area contributed by atoms with Crippen molar-refractivity contribution < 1.29 is 14.3 Å². The number of aliphatic imine (C=N–C) groups is 1. The average Bonchev–Trinajstić information content (AvgIpc) is 2.83. The molecule has 0 aromatic heterocycles. The van der Waals surface area contributed by atoms with Crippen LogP contribution in [0.4, 0.5) is 0 Å². The predicted molar refractivity (Wildman–Crippen MR) is 80.9 cm³/mol. The topological polar surface area (TPSA) is 74.2 Å². The standard InChI is InChI=1S/C14H26N4O3/c1-6-15-14(16-7-12(19)17(3)4)18-8-10(2)11(9-18)13(20)21-5/h10-11H,6-9H2,1-5H3,(H,15,16). The van der Waals surface area contributed by atoms with Crippen LogP contribution >= 0.6 is 0 Å². The van der Waals surface area contributed by atoms with Crippen LogP contribution in [0, 0.1) is 11.8 Å². The summed E-state index contributed by atoms with van der Waals surface area (Å²) in [4.78, 5) is 31.3. The summed E-state index contributed by atoms with van der Waals surface area (Å²) in [6, 6.07) is 0. The van der Waals surface area contributed by atoms with Crippen LogP contribution in [0.1, 0.15) is 13.8 Å². The number of nitrogens with one attached hydrogen (secondary N) is 1. The summed E-state index contributed by atoms with van der Waals surface area (Å²) in [5.41, 5.74) is 0. The molecule has 0 saturated carbocycles. The second kappa shape index (κ2) is 7.85. The number of nitrogens with zero attached hydrogens (tertiary/aromatic N) is 3. The van der Waals surface area contributed by atoms with Crippen molar-refractivity contribution >= 4 is 17.8 Å². The number of hydrogen-bond acceptors (Lipinski definition) is 4. The number of likely N-dealkylation sites (N-methyl/N-ethyl adjacent to an activating group) is 1. The van der Waals surface area contributed by atoms with Crippen molar-refractivity contribution in [1.82, 2.24) is 15.1 Å². The van der Waals surface area contributed by atoms with Crippen LogP contribution in [0.3, 0.4) is 0 Å². The molecule has 2 atom stereocenters. The van der Waals surface area contributed by atoms with Crippen LogP contribution < -0.4 is 5.32 Å². The number of guanidine groups is 1. The number of esters is 1. The molecule has 1 amide bonds. The molecule has 0 spiro atoms. The van der Waals surface area contributed by atoms with Gasteiger partial charge in [0.15, 0.2) is 5.96 Å². The highest BCUT2D eigenvalue weighted by Crippen LogP contribution is 2.24. The molecule has 21 heavy (non-hydrogen) atoms. The first-order chi connectivity index (χ1) is 9.90. The summed E-state index contributed by atoms with van der Waals surface area (Å²) in [5, 5.41) is 3.17. The van der Waals surface area contributed by atoms with Gasteiger partial charge >= 0.3 is 5.97 Å². The number of rotatable bonds is 4. The molecule has 1 saturated heterocycles. The van der Waals surface area contributed by atoms with E-state index in [0.717, 1.165) is 6.54 Å². The Morgan fingerprint density at radius 1 is 1.38 bits per heavy atom. The first-order valence-corrected chi connectivity index (χ1v) is 7.21. The van der Waals surface area contributed by atoms with Gasteiger partial charge in [-0.3, -0.25) is 9.59 Å². The van der Waals surface area contributed by atoms with Crippen molar-refractivity contribution in [2.24, 2.45) is 16.8 Å². The maximum Gasteiger partial charge on any atom is 0.310 e. The number of ether oxygens (including phenoxy) is 1. The number of carbonyl (C=O) groups excluding carboxylic acids is 2. The molecule has 2 unspecified atom stereocenters. The fraction of sp³-hybridized carbons (Fsp3) is 0.786. The number of methoxy groups -OCH3 is 1. The largest absolute Gasteiger partial charge is 0.469 e. The zero-order valence-corrected chi connectivity index (χ0v) is 13.5. The predicted octanol–water partition coefficient (Wildman–Crippen LogP) is -0.219. The van der Waals surface area contributed by atoms with Crippen LogP contribution in [0.25, 0.3) is 0 Å². The molecule has 1 N–H and O–H groups in total. The Balaban J connectivity index is 2.75. The van der Waals surface area contributed by atoms with Gasteiger partial charge in [-0.15, -0.1) is 0 Å². The molecule has 0 aliphatic carbocycles. The van der Waals surface area contributed by atoms with Gasteiger partial charge in [0.25, 0.3) is 0 Å². The van der Waals surface area contributed by atoms with E-state index in [4.69, 9.17) is 4.74 Å². The Hall–Kier alpha value is -1.79. The van der Waals surface area contributed by atoms with E-state index < -0.39 is 0 Å². The maximum atomic E-state index is 11.7. The molecule has 1 aliphatic heterocycles. The summed E-state index contributed by atoms with van der Waals surface area (Å²) in [6.45, 7) is 6.10. The van der Waals surface area contributed by atoms with Gasteiger partial charge in [-0.1, -0.05) is 6.92 Å². The summed E-state index contributed by atoms with van der Waals surface area (Å²) < 4.78 is 4.84. The molecule has 0 aromatic carbocycles. The number of hydrogen-bond donors (Lipinski definition) is 1. The van der Waals surface area contributed by atoms with E-state index in [2.05, 4.69) is 10.3 Å². The summed E-state index contributed by atoms with van der Waals surface area (Å²) in [6.07, 6.45) is 0. The van der Waals surface area contributed by atoms with Crippen molar-refractivity contribution in [3.05, 3.63) is 0 Å². The van der Waals surface area contributed by atoms with E-state index in [1.807, 2.05) is 18.7 Å². The monoisotopic (exact) mass is 298 g/mol. The molecule has 7 nitrogen and oxygen atoms in total. The van der Waals surface area contributed by atoms with Crippen molar-refractivity contribution in [2.45, 2.75) is 13.8 Å². The molecule has 0 bridgehead atoms. The van der Waals surface area contributed by atoms with Gasteiger partial charge in [0.1, 0.15) is 6.54 Å². The highest BCUT2D eigenvalue weighted by molar-refractivity contribution is 5.85. The smallest absolute Gasteiger partial charge is 0.310 e. The van der Waals surface area contributed by atoms with E-state index >= 15 is 0 Å². The Morgan fingerprint density at radius 2 is 2.05 bits per heavy atom. The van der Waals surface area contributed by atoms with E-state index in [-0.39, 0.29) is 30.3 Å². The lowest BCUT2D eigenvalue weighted by Crippen LogP contribution is -2.41. The summed E-state index contributed by atoms with van der Waals surface area (Å²) >= 11 is 0. The van der Waals surface area contributed by atoms with Crippen molar-refractivity contribution in [3.8, 4) is 0 Å². The van der Waals surface area contributed by atoms with E-state index in [1.54, 1.807) is 14.1 Å². The third-order valence-corrected chi connectivity index (χ3v) is 3.61.